The smallest absolute Gasteiger partial charge is 0.326 e. The average Bonchev–Trinajstić information content (AvgIpc) is 3.68. The van der Waals surface area contributed by atoms with Gasteiger partial charge in [-0.25, -0.2) is 9.78 Å². The number of imidazole rings is 1. The summed E-state index contributed by atoms with van der Waals surface area (Å²) in [4.78, 5) is 30.9. The Hall–Kier alpha value is -4.49. The van der Waals surface area contributed by atoms with Crippen molar-refractivity contribution in [2.75, 3.05) is 23.5 Å². The number of thioether (sulfide) groups is 1. The zero-order valence-corrected chi connectivity index (χ0v) is 24.6. The molecule has 2 aromatic carbocycles. The molecule has 0 saturated heterocycles. The molecule has 0 aliphatic rings. The molecule has 4 aromatic rings. The predicted molar refractivity (Wildman–Crippen MR) is 164 cm³/mol. The van der Waals surface area contributed by atoms with Crippen LogP contribution in [-0.4, -0.2) is 51.1 Å². The van der Waals surface area contributed by atoms with Gasteiger partial charge in [-0.05, 0) is 78.9 Å². The van der Waals surface area contributed by atoms with Crippen LogP contribution in [0.4, 0.5) is 5.69 Å². The van der Waals surface area contributed by atoms with Crippen molar-refractivity contribution in [2.24, 2.45) is 0 Å². The lowest BCUT2D eigenvalue weighted by molar-refractivity contribution is -0.139. The molecule has 0 aliphatic carbocycles. The molecule has 9 nitrogen and oxygen atoms in total. The standard InChI is InChI=1S/C32H35N5O4S/c1-3-4-16-36(21-27-19-34-22-37(27)20-24-7-5-23(18-33)6-8-24)26-11-9-25(10-12-26)29-13-14-30(41-29)31(38)35-28(32(39)40)15-17-42-2/h5-14,19,22,28H,3-4,15-17,20-21H2,1-2H3,(H,35,38)(H,39,40). The summed E-state index contributed by atoms with van der Waals surface area (Å²) in [6, 6.07) is 20.1. The number of benzene rings is 2. The summed E-state index contributed by atoms with van der Waals surface area (Å²) in [5.41, 5.74) is 4.69. The van der Waals surface area contributed by atoms with Crippen LogP contribution in [-0.2, 0) is 17.9 Å². The Morgan fingerprint density at radius 1 is 1.14 bits per heavy atom. The molecule has 2 N–H and O–H groups in total. The number of hydrogen-bond donors (Lipinski definition) is 2. The van der Waals surface area contributed by atoms with Crippen molar-refractivity contribution in [3.05, 3.63) is 95.8 Å². The van der Waals surface area contributed by atoms with E-state index in [-0.39, 0.29) is 5.76 Å². The van der Waals surface area contributed by atoms with E-state index in [1.54, 1.807) is 12.1 Å². The van der Waals surface area contributed by atoms with Crippen molar-refractivity contribution in [2.45, 2.75) is 45.3 Å². The summed E-state index contributed by atoms with van der Waals surface area (Å²) in [5.74, 6) is -0.380. The second kappa shape index (κ2) is 14.9. The van der Waals surface area contributed by atoms with Gasteiger partial charge in [-0.15, -0.1) is 0 Å². The number of carbonyl (C=O) groups excluding carboxylic acids is 1. The van der Waals surface area contributed by atoms with Crippen molar-refractivity contribution in [3.8, 4) is 17.4 Å². The molecule has 2 heterocycles. The number of aromatic nitrogens is 2. The van der Waals surface area contributed by atoms with Crippen molar-refractivity contribution in [1.82, 2.24) is 14.9 Å². The van der Waals surface area contributed by atoms with Gasteiger partial charge in [0, 0.05) is 30.5 Å². The van der Waals surface area contributed by atoms with Crippen LogP contribution < -0.4 is 10.2 Å². The van der Waals surface area contributed by atoms with E-state index in [1.165, 1.54) is 11.8 Å². The van der Waals surface area contributed by atoms with Gasteiger partial charge in [-0.2, -0.15) is 17.0 Å². The molecule has 1 atom stereocenters. The molecule has 1 unspecified atom stereocenters. The second-order valence-corrected chi connectivity index (χ2v) is 10.9. The van der Waals surface area contributed by atoms with Crippen LogP contribution in [0.15, 0.2) is 77.6 Å². The van der Waals surface area contributed by atoms with Gasteiger partial charge in [-0.3, -0.25) is 4.79 Å². The fourth-order valence-electron chi connectivity index (χ4n) is 4.52. The predicted octanol–water partition coefficient (Wildman–Crippen LogP) is 5.81. The van der Waals surface area contributed by atoms with Crippen molar-refractivity contribution in [1.29, 1.82) is 5.26 Å². The zero-order chi connectivity index (χ0) is 29.9. The number of unbranched alkanes of at least 4 members (excludes halogenated alkanes) is 1. The zero-order valence-electron chi connectivity index (χ0n) is 23.8. The molecular weight excluding hydrogens is 550 g/mol. The molecular formula is C32H35N5O4S. The van der Waals surface area contributed by atoms with E-state index >= 15 is 0 Å². The number of rotatable bonds is 15. The molecule has 4 rings (SSSR count). The van der Waals surface area contributed by atoms with Crippen molar-refractivity contribution in [3.63, 3.8) is 0 Å². The number of carboxylic acid groups (broad SMARTS) is 1. The minimum absolute atomic E-state index is 0.0737. The molecule has 10 heteroatoms. The van der Waals surface area contributed by atoms with E-state index in [9.17, 15) is 14.7 Å². The SMILES string of the molecule is CCCCN(Cc1cncn1Cc1ccc(C#N)cc1)c1ccc(-c2ccc(C(=O)NC(CCSC)C(=O)O)o2)cc1. The number of nitriles is 1. The van der Waals surface area contributed by atoms with E-state index in [4.69, 9.17) is 9.68 Å². The fraction of sp³-hybridized carbons (Fsp3) is 0.312. The third kappa shape index (κ3) is 8.04. The topological polar surface area (TPSA) is 124 Å². The lowest BCUT2D eigenvalue weighted by Crippen LogP contribution is -2.41. The quantitative estimate of drug-likeness (QED) is 0.179. The summed E-state index contributed by atoms with van der Waals surface area (Å²) in [5, 5.41) is 21.0. The summed E-state index contributed by atoms with van der Waals surface area (Å²) in [6.07, 6.45) is 8.06. The highest BCUT2D eigenvalue weighted by atomic mass is 32.2. The van der Waals surface area contributed by atoms with Gasteiger partial charge in [0.1, 0.15) is 11.8 Å². The Labute approximate surface area is 250 Å². The Kier molecular flexibility index (Phi) is 10.8. The molecule has 0 saturated carbocycles. The van der Waals surface area contributed by atoms with Crippen LogP contribution in [0, 0.1) is 11.3 Å². The van der Waals surface area contributed by atoms with Crippen molar-refractivity contribution < 1.29 is 19.1 Å². The van der Waals surface area contributed by atoms with Gasteiger partial charge in [0.25, 0.3) is 5.91 Å². The number of carbonyl (C=O) groups is 2. The summed E-state index contributed by atoms with van der Waals surface area (Å²) < 4.78 is 7.93. The maximum atomic E-state index is 12.6. The van der Waals surface area contributed by atoms with Gasteiger partial charge >= 0.3 is 5.97 Å². The van der Waals surface area contributed by atoms with E-state index in [1.807, 2.05) is 67.3 Å². The number of nitrogens with one attached hydrogen (secondary N) is 1. The van der Waals surface area contributed by atoms with E-state index < -0.39 is 17.9 Å². The lowest BCUT2D eigenvalue weighted by Gasteiger charge is -2.25. The van der Waals surface area contributed by atoms with Crippen molar-refractivity contribution >= 4 is 29.3 Å². The first kappa shape index (κ1) is 30.5. The number of nitrogens with zero attached hydrogens (tertiary/aromatic N) is 4. The normalized spacial score (nSPS) is 11.5. The Bertz CT molecular complexity index is 1500. The molecule has 0 radical (unpaired) electrons. The molecule has 0 aliphatic heterocycles. The third-order valence-electron chi connectivity index (χ3n) is 6.93. The first-order chi connectivity index (χ1) is 20.4. The molecule has 218 valence electrons. The van der Waals surface area contributed by atoms with Crippen LogP contribution in [0.2, 0.25) is 0 Å². The number of aliphatic carboxylic acids is 1. The highest BCUT2D eigenvalue weighted by Gasteiger charge is 2.22. The molecule has 0 spiro atoms. The highest BCUT2D eigenvalue weighted by molar-refractivity contribution is 7.98. The third-order valence-corrected chi connectivity index (χ3v) is 7.57. The first-order valence-electron chi connectivity index (χ1n) is 13.9. The Balaban J connectivity index is 1.45. The number of hydrogen-bond acceptors (Lipinski definition) is 7. The lowest BCUT2D eigenvalue weighted by atomic mass is 10.1. The van der Waals surface area contributed by atoms with Crippen LogP contribution in [0.25, 0.3) is 11.3 Å². The monoisotopic (exact) mass is 585 g/mol. The first-order valence-corrected chi connectivity index (χ1v) is 15.3. The Morgan fingerprint density at radius 3 is 2.57 bits per heavy atom. The summed E-state index contributed by atoms with van der Waals surface area (Å²) in [6.45, 7) is 4.40. The molecule has 0 bridgehead atoms. The van der Waals surface area contributed by atoms with Gasteiger partial charge in [0.05, 0.1) is 30.2 Å². The van der Waals surface area contributed by atoms with E-state index in [2.05, 4.69) is 32.8 Å². The second-order valence-electron chi connectivity index (χ2n) is 9.95. The fourth-order valence-corrected chi connectivity index (χ4v) is 4.99. The number of furan rings is 1. The van der Waals surface area contributed by atoms with Crippen LogP contribution >= 0.6 is 11.8 Å². The van der Waals surface area contributed by atoms with E-state index in [0.29, 0.717) is 36.6 Å². The van der Waals surface area contributed by atoms with E-state index in [0.717, 1.165) is 41.9 Å². The van der Waals surface area contributed by atoms with Crippen LogP contribution in [0.1, 0.15) is 53.6 Å². The van der Waals surface area contributed by atoms with Crippen LogP contribution in [0.5, 0.6) is 0 Å². The molecule has 0 fully saturated rings. The van der Waals surface area contributed by atoms with Gasteiger partial charge < -0.3 is 24.3 Å². The maximum absolute atomic E-state index is 12.6. The van der Waals surface area contributed by atoms with Crippen LogP contribution in [0.3, 0.4) is 0 Å². The van der Waals surface area contributed by atoms with Gasteiger partial charge in [0.15, 0.2) is 5.76 Å². The Morgan fingerprint density at radius 2 is 1.90 bits per heavy atom. The number of carboxylic acids is 1. The highest BCUT2D eigenvalue weighted by Crippen LogP contribution is 2.26. The summed E-state index contributed by atoms with van der Waals surface area (Å²) in [7, 11) is 0. The molecule has 2 aromatic heterocycles. The maximum Gasteiger partial charge on any atom is 0.326 e. The molecule has 42 heavy (non-hydrogen) atoms. The minimum Gasteiger partial charge on any atom is -0.480 e. The number of anilines is 1. The summed E-state index contributed by atoms with van der Waals surface area (Å²) >= 11 is 1.53. The minimum atomic E-state index is -1.07. The largest absolute Gasteiger partial charge is 0.480 e. The number of amides is 1. The van der Waals surface area contributed by atoms with Gasteiger partial charge in [0.2, 0.25) is 0 Å². The van der Waals surface area contributed by atoms with Gasteiger partial charge in [-0.1, -0.05) is 25.5 Å². The molecule has 1 amide bonds. The average molecular weight is 586 g/mol.